The zero-order chi connectivity index (χ0) is 17.9. The third-order valence-electron chi connectivity index (χ3n) is 3.74. The summed E-state index contributed by atoms with van der Waals surface area (Å²) in [5.74, 6) is -0.123. The van der Waals surface area contributed by atoms with E-state index in [1.807, 2.05) is 43.3 Å². The summed E-state index contributed by atoms with van der Waals surface area (Å²) in [5.41, 5.74) is 3.79. The van der Waals surface area contributed by atoms with Gasteiger partial charge < -0.3 is 9.72 Å². The molecule has 0 aliphatic heterocycles. The molecule has 0 saturated heterocycles. The summed E-state index contributed by atoms with van der Waals surface area (Å²) in [6, 6.07) is 13.0. The lowest BCUT2D eigenvalue weighted by molar-refractivity contribution is -0.128. The van der Waals surface area contributed by atoms with Gasteiger partial charge in [-0.2, -0.15) is 0 Å². The smallest absolute Gasteiger partial charge is 0.336 e. The quantitative estimate of drug-likeness (QED) is 0.349. The molecule has 0 radical (unpaired) electrons. The molecule has 1 N–H and O–H groups in total. The van der Waals surface area contributed by atoms with Crippen molar-refractivity contribution in [3.63, 3.8) is 0 Å². The fourth-order valence-electron chi connectivity index (χ4n) is 2.50. The first-order valence-corrected chi connectivity index (χ1v) is 8.01. The molecule has 7 heteroatoms. The highest BCUT2D eigenvalue weighted by atomic mass is 16.5. The van der Waals surface area contributed by atoms with Crippen molar-refractivity contribution in [2.24, 2.45) is 0 Å². The Hall–Kier alpha value is -3.74. The van der Waals surface area contributed by atoms with Crippen LogP contribution in [0.1, 0.15) is 11.3 Å². The average molecular weight is 345 g/mol. The highest BCUT2D eigenvalue weighted by Crippen LogP contribution is 2.24. The van der Waals surface area contributed by atoms with Crippen LogP contribution in [0.2, 0.25) is 0 Å². The molecule has 7 nitrogen and oxygen atoms in total. The molecular weight excluding hydrogens is 330 g/mol. The van der Waals surface area contributed by atoms with Crippen molar-refractivity contribution in [2.45, 2.75) is 6.92 Å². The van der Waals surface area contributed by atoms with Gasteiger partial charge in [-0.25, -0.2) is 9.78 Å². The number of carbonyl (C=O) groups excluding carboxylic acids is 1. The predicted octanol–water partition coefficient (Wildman–Crippen LogP) is 3.07. The SMILES string of the molecule is Cc1ccc(OC(=O)C=Cc2c[nH]cn2)c(-n2nc3ccccc3n2)c1. The molecule has 26 heavy (non-hydrogen) atoms. The Labute approximate surface area is 148 Å². The molecule has 0 unspecified atom stereocenters. The average Bonchev–Trinajstić information content (AvgIpc) is 3.30. The fraction of sp³-hybridized carbons (Fsp3) is 0.0526. The van der Waals surface area contributed by atoms with E-state index in [2.05, 4.69) is 20.2 Å². The number of rotatable bonds is 4. The Balaban J connectivity index is 1.65. The van der Waals surface area contributed by atoms with Crippen molar-refractivity contribution in [1.82, 2.24) is 25.0 Å². The number of nitrogens with zero attached hydrogens (tertiary/aromatic N) is 4. The van der Waals surface area contributed by atoms with Crippen LogP contribution in [0.3, 0.4) is 0 Å². The number of aromatic nitrogens is 5. The van der Waals surface area contributed by atoms with E-state index in [1.54, 1.807) is 18.3 Å². The monoisotopic (exact) mass is 345 g/mol. The van der Waals surface area contributed by atoms with Crippen LogP contribution in [0.4, 0.5) is 0 Å². The molecule has 0 atom stereocenters. The second kappa shape index (κ2) is 6.64. The number of nitrogens with one attached hydrogen (secondary N) is 1. The molecule has 4 aromatic rings. The summed E-state index contributed by atoms with van der Waals surface area (Å²) in [4.78, 5) is 20.5. The maximum absolute atomic E-state index is 12.2. The van der Waals surface area contributed by atoms with Crippen LogP contribution in [0.5, 0.6) is 5.75 Å². The van der Waals surface area contributed by atoms with Crippen molar-refractivity contribution >= 4 is 23.1 Å². The maximum Gasteiger partial charge on any atom is 0.336 e. The number of esters is 1. The second-order valence-electron chi connectivity index (χ2n) is 5.70. The lowest BCUT2D eigenvalue weighted by Crippen LogP contribution is -2.08. The Morgan fingerprint density at radius 1 is 1.15 bits per heavy atom. The molecule has 0 amide bonds. The van der Waals surface area contributed by atoms with Crippen LogP contribution in [0, 0.1) is 6.92 Å². The van der Waals surface area contributed by atoms with Gasteiger partial charge in [-0.05, 0) is 42.8 Å². The van der Waals surface area contributed by atoms with Crippen molar-refractivity contribution in [1.29, 1.82) is 0 Å². The molecule has 0 aliphatic carbocycles. The van der Waals surface area contributed by atoms with Crippen LogP contribution in [0.15, 0.2) is 61.1 Å². The van der Waals surface area contributed by atoms with Crippen LogP contribution >= 0.6 is 0 Å². The zero-order valence-electron chi connectivity index (χ0n) is 14.0. The van der Waals surface area contributed by atoms with Crippen LogP contribution < -0.4 is 4.74 Å². The number of hydrogen-bond donors (Lipinski definition) is 1. The van der Waals surface area contributed by atoms with E-state index >= 15 is 0 Å². The molecule has 4 rings (SSSR count). The second-order valence-corrected chi connectivity index (χ2v) is 5.70. The van der Waals surface area contributed by atoms with Gasteiger partial charge in [0.15, 0.2) is 5.75 Å². The number of aryl methyl sites for hydroxylation is 1. The topological polar surface area (TPSA) is 85.7 Å². The number of ether oxygens (including phenoxy) is 1. The molecule has 0 fully saturated rings. The summed E-state index contributed by atoms with van der Waals surface area (Å²) >= 11 is 0. The van der Waals surface area contributed by atoms with Crippen LogP contribution in [-0.2, 0) is 4.79 Å². The molecular formula is C19H15N5O2. The Morgan fingerprint density at radius 2 is 1.92 bits per heavy atom. The third kappa shape index (κ3) is 3.23. The lowest BCUT2D eigenvalue weighted by atomic mass is 10.2. The van der Waals surface area contributed by atoms with E-state index in [0.29, 0.717) is 17.1 Å². The number of aromatic amines is 1. The molecule has 0 aliphatic rings. The molecule has 2 aromatic heterocycles. The largest absolute Gasteiger partial charge is 0.421 e. The highest BCUT2D eigenvalue weighted by Gasteiger charge is 2.13. The minimum absolute atomic E-state index is 0.382. The fourth-order valence-corrected chi connectivity index (χ4v) is 2.50. The summed E-state index contributed by atoms with van der Waals surface area (Å²) in [7, 11) is 0. The standard InChI is InChI=1S/C19H15N5O2/c1-13-6-8-18(26-19(25)9-7-14-11-20-12-21-14)17(10-13)24-22-15-4-2-3-5-16(15)23-24/h2-12H,1H3,(H,20,21). The van der Waals surface area contributed by atoms with Crippen molar-refractivity contribution in [2.75, 3.05) is 0 Å². The number of hydrogen-bond acceptors (Lipinski definition) is 5. The summed E-state index contributed by atoms with van der Waals surface area (Å²) in [5, 5.41) is 8.92. The van der Waals surface area contributed by atoms with Gasteiger partial charge in [0.05, 0.1) is 12.0 Å². The van der Waals surface area contributed by atoms with Crippen LogP contribution in [-0.4, -0.2) is 30.9 Å². The van der Waals surface area contributed by atoms with E-state index in [9.17, 15) is 4.79 Å². The van der Waals surface area contributed by atoms with Crippen LogP contribution in [0.25, 0.3) is 22.8 Å². The van der Waals surface area contributed by atoms with Gasteiger partial charge >= 0.3 is 5.97 Å². The van der Waals surface area contributed by atoms with Gasteiger partial charge in [0.25, 0.3) is 0 Å². The van der Waals surface area contributed by atoms with Gasteiger partial charge in [0.1, 0.15) is 16.7 Å². The number of carbonyl (C=O) groups is 1. The first-order valence-electron chi connectivity index (χ1n) is 8.01. The first-order chi connectivity index (χ1) is 12.7. The number of benzene rings is 2. The van der Waals surface area contributed by atoms with E-state index in [0.717, 1.165) is 16.6 Å². The molecule has 0 bridgehead atoms. The Bertz CT molecular complexity index is 1060. The molecule has 0 saturated carbocycles. The lowest BCUT2D eigenvalue weighted by Gasteiger charge is -2.08. The maximum atomic E-state index is 12.2. The molecule has 0 spiro atoms. The van der Waals surface area contributed by atoms with Crippen molar-refractivity contribution in [3.8, 4) is 11.4 Å². The van der Waals surface area contributed by atoms with Gasteiger partial charge in [-0.1, -0.05) is 18.2 Å². The van der Waals surface area contributed by atoms with Crippen molar-refractivity contribution < 1.29 is 9.53 Å². The summed E-state index contributed by atoms with van der Waals surface area (Å²) in [6.45, 7) is 1.95. The van der Waals surface area contributed by atoms with E-state index in [1.165, 1.54) is 17.2 Å². The number of H-pyrrole nitrogens is 1. The third-order valence-corrected chi connectivity index (χ3v) is 3.74. The number of imidazole rings is 1. The normalized spacial score (nSPS) is 11.3. The van der Waals surface area contributed by atoms with E-state index in [-0.39, 0.29) is 0 Å². The first kappa shape index (κ1) is 15.8. The summed E-state index contributed by atoms with van der Waals surface area (Å²) < 4.78 is 5.48. The van der Waals surface area contributed by atoms with Crippen molar-refractivity contribution in [3.05, 3.63) is 72.3 Å². The van der Waals surface area contributed by atoms with E-state index in [4.69, 9.17) is 4.74 Å². The molecule has 128 valence electrons. The number of fused-ring (bicyclic) bond motifs is 1. The zero-order valence-corrected chi connectivity index (χ0v) is 14.0. The molecule has 2 heterocycles. The Kier molecular flexibility index (Phi) is 4.03. The predicted molar refractivity (Wildman–Crippen MR) is 96.9 cm³/mol. The minimum atomic E-state index is -0.505. The highest BCUT2D eigenvalue weighted by molar-refractivity contribution is 5.88. The minimum Gasteiger partial charge on any atom is -0.421 e. The van der Waals surface area contributed by atoms with Gasteiger partial charge in [0, 0.05) is 12.3 Å². The Morgan fingerprint density at radius 3 is 2.62 bits per heavy atom. The van der Waals surface area contributed by atoms with Gasteiger partial charge in [-0.15, -0.1) is 15.0 Å². The summed E-state index contributed by atoms with van der Waals surface area (Å²) in [6.07, 6.45) is 6.12. The van der Waals surface area contributed by atoms with E-state index < -0.39 is 5.97 Å². The molecule has 2 aromatic carbocycles. The van der Waals surface area contributed by atoms with Gasteiger partial charge in [0.2, 0.25) is 0 Å². The van der Waals surface area contributed by atoms with Gasteiger partial charge in [-0.3, -0.25) is 0 Å².